The first-order valence-corrected chi connectivity index (χ1v) is 14.6. The summed E-state index contributed by atoms with van der Waals surface area (Å²) in [5, 5.41) is 11.4. The van der Waals surface area contributed by atoms with Crippen LogP contribution in [-0.4, -0.2) is 86.7 Å². The predicted octanol–water partition coefficient (Wildman–Crippen LogP) is 4.56. The summed E-state index contributed by atoms with van der Waals surface area (Å²) in [4.78, 5) is 34.3. The number of likely N-dealkylation sites (N-methyl/N-ethyl adjacent to an activating group) is 1. The second-order valence-electron chi connectivity index (χ2n) is 10.9. The Labute approximate surface area is 241 Å². The molecule has 5 rings (SSSR count). The van der Waals surface area contributed by atoms with Crippen molar-refractivity contribution in [2.75, 3.05) is 39.8 Å². The van der Waals surface area contributed by atoms with Crippen LogP contribution < -0.4 is 4.74 Å². The molecule has 1 aromatic carbocycles. The van der Waals surface area contributed by atoms with E-state index in [2.05, 4.69) is 46.8 Å². The van der Waals surface area contributed by atoms with E-state index in [1.54, 1.807) is 12.4 Å². The van der Waals surface area contributed by atoms with Crippen LogP contribution in [0.2, 0.25) is 0 Å². The van der Waals surface area contributed by atoms with Gasteiger partial charge in [-0.25, -0.2) is 9.97 Å². The highest BCUT2D eigenvalue weighted by Crippen LogP contribution is 2.24. The Balaban J connectivity index is 1.26. The first-order chi connectivity index (χ1) is 19.9. The zero-order chi connectivity index (χ0) is 28.8. The molecule has 41 heavy (non-hydrogen) atoms. The Morgan fingerprint density at radius 1 is 1.02 bits per heavy atom. The SMILES string of the molecule is CCCC(O)C(CC)COc1ccnc(-c2ccnc(Cc3ccc4[nH]c(C(=O)N5CCN(C)CC5)cc4c3)n2)c1. The van der Waals surface area contributed by atoms with Gasteiger partial charge in [-0.1, -0.05) is 26.3 Å². The van der Waals surface area contributed by atoms with Gasteiger partial charge in [-0.05, 0) is 55.8 Å². The second kappa shape index (κ2) is 13.2. The summed E-state index contributed by atoms with van der Waals surface area (Å²) in [6.45, 7) is 7.89. The third-order valence-corrected chi connectivity index (χ3v) is 7.88. The topological polar surface area (TPSA) is 107 Å². The van der Waals surface area contributed by atoms with Crippen LogP contribution in [0.1, 0.15) is 55.0 Å². The Bertz CT molecular complexity index is 1460. The summed E-state index contributed by atoms with van der Waals surface area (Å²) in [6, 6.07) is 13.7. The van der Waals surface area contributed by atoms with Gasteiger partial charge in [-0.3, -0.25) is 9.78 Å². The van der Waals surface area contributed by atoms with Gasteiger partial charge < -0.3 is 24.6 Å². The average Bonchev–Trinajstić information content (AvgIpc) is 3.41. The number of fused-ring (bicyclic) bond motifs is 1. The van der Waals surface area contributed by atoms with E-state index in [0.29, 0.717) is 36.0 Å². The van der Waals surface area contributed by atoms with Gasteiger partial charge in [0.05, 0.1) is 24.1 Å². The number of amides is 1. The van der Waals surface area contributed by atoms with Crippen LogP contribution >= 0.6 is 0 Å². The van der Waals surface area contributed by atoms with Crippen LogP contribution in [0.25, 0.3) is 22.3 Å². The third-order valence-electron chi connectivity index (χ3n) is 7.88. The van der Waals surface area contributed by atoms with Crippen LogP contribution in [0.4, 0.5) is 0 Å². The lowest BCUT2D eigenvalue weighted by molar-refractivity contribution is 0.0650. The van der Waals surface area contributed by atoms with E-state index in [1.165, 1.54) is 0 Å². The van der Waals surface area contributed by atoms with Crippen LogP contribution in [0.5, 0.6) is 5.75 Å². The van der Waals surface area contributed by atoms with Gasteiger partial charge in [0.2, 0.25) is 0 Å². The highest BCUT2D eigenvalue weighted by atomic mass is 16.5. The van der Waals surface area contributed by atoms with E-state index in [9.17, 15) is 9.90 Å². The second-order valence-corrected chi connectivity index (χ2v) is 10.9. The maximum absolute atomic E-state index is 13.0. The lowest BCUT2D eigenvalue weighted by Crippen LogP contribution is -2.47. The van der Waals surface area contributed by atoms with Crippen LogP contribution in [0.3, 0.4) is 0 Å². The van der Waals surface area contributed by atoms with Crippen LogP contribution in [-0.2, 0) is 6.42 Å². The number of H-pyrrole nitrogens is 1. The molecule has 4 heterocycles. The fourth-order valence-electron chi connectivity index (χ4n) is 5.27. The summed E-state index contributed by atoms with van der Waals surface area (Å²) in [6.07, 6.45) is 6.26. The number of hydrogen-bond acceptors (Lipinski definition) is 7. The standard InChI is InChI=1S/C32H40N6O3/c1-4-6-30(39)23(5-2)21-41-25-9-11-33-28(20-25)27-10-12-34-31(36-27)18-22-7-8-26-24(17-22)19-29(35-26)32(40)38-15-13-37(3)14-16-38/h7-12,17,19-20,23,30,35,39H,4-6,13-16,18,21H2,1-3H3. The number of aliphatic hydroxyl groups excluding tert-OH is 1. The number of carbonyl (C=O) groups excluding carboxylic acids is 1. The van der Waals surface area contributed by atoms with Crippen molar-refractivity contribution in [3.8, 4) is 17.1 Å². The first kappa shape index (κ1) is 28.7. The summed E-state index contributed by atoms with van der Waals surface area (Å²) in [7, 11) is 2.08. The Kier molecular flexibility index (Phi) is 9.26. The molecule has 1 aliphatic heterocycles. The molecule has 9 nitrogen and oxygen atoms in total. The van der Waals surface area contributed by atoms with Gasteiger partial charge in [0.25, 0.3) is 5.91 Å². The maximum atomic E-state index is 13.0. The number of aromatic nitrogens is 4. The van der Waals surface area contributed by atoms with Crippen LogP contribution in [0.15, 0.2) is 54.9 Å². The molecule has 216 valence electrons. The average molecular weight is 557 g/mol. The number of pyridine rings is 1. The number of nitrogens with zero attached hydrogens (tertiary/aromatic N) is 5. The van der Waals surface area contributed by atoms with E-state index in [0.717, 1.165) is 67.6 Å². The lowest BCUT2D eigenvalue weighted by Gasteiger charge is -2.32. The van der Waals surface area contributed by atoms with Crippen molar-refractivity contribution < 1.29 is 14.6 Å². The molecule has 0 radical (unpaired) electrons. The van der Waals surface area contributed by atoms with Gasteiger partial charge in [-0.15, -0.1) is 0 Å². The van der Waals surface area contributed by atoms with Crippen LogP contribution in [0, 0.1) is 5.92 Å². The first-order valence-electron chi connectivity index (χ1n) is 14.6. The smallest absolute Gasteiger partial charge is 0.270 e. The van der Waals surface area contributed by atoms with E-state index in [1.807, 2.05) is 41.3 Å². The van der Waals surface area contributed by atoms with Crippen molar-refractivity contribution in [2.45, 2.75) is 45.6 Å². The third kappa shape index (κ3) is 7.10. The molecule has 2 unspecified atom stereocenters. The number of carbonyl (C=O) groups is 1. The summed E-state index contributed by atoms with van der Waals surface area (Å²) in [5.41, 5.74) is 4.06. The van der Waals surface area contributed by atoms with Crippen molar-refractivity contribution in [1.82, 2.24) is 29.7 Å². The molecule has 3 aromatic heterocycles. The maximum Gasteiger partial charge on any atom is 0.270 e. The summed E-state index contributed by atoms with van der Waals surface area (Å²) >= 11 is 0. The molecule has 0 aliphatic carbocycles. The number of ether oxygens (including phenoxy) is 1. The largest absolute Gasteiger partial charge is 0.493 e. The van der Waals surface area contributed by atoms with Gasteiger partial charge in [0.15, 0.2) is 0 Å². The zero-order valence-corrected chi connectivity index (χ0v) is 24.2. The summed E-state index contributed by atoms with van der Waals surface area (Å²) < 4.78 is 6.04. The van der Waals surface area contributed by atoms with E-state index in [4.69, 9.17) is 9.72 Å². The molecule has 0 bridgehead atoms. The number of nitrogens with one attached hydrogen (secondary N) is 1. The fraction of sp³-hybridized carbons (Fsp3) is 0.438. The van der Waals surface area contributed by atoms with Crippen molar-refractivity contribution in [2.24, 2.45) is 5.92 Å². The predicted molar refractivity (Wildman–Crippen MR) is 160 cm³/mol. The Morgan fingerprint density at radius 2 is 1.83 bits per heavy atom. The quantitative estimate of drug-likeness (QED) is 0.279. The zero-order valence-electron chi connectivity index (χ0n) is 24.2. The summed E-state index contributed by atoms with van der Waals surface area (Å²) in [5.74, 6) is 1.54. The van der Waals surface area contributed by atoms with Gasteiger partial charge >= 0.3 is 0 Å². The Hall–Kier alpha value is -3.82. The molecule has 1 saturated heterocycles. The van der Waals surface area contributed by atoms with E-state index < -0.39 is 0 Å². The number of benzene rings is 1. The molecule has 0 spiro atoms. The molecule has 2 atom stereocenters. The molecular formula is C32H40N6O3. The number of rotatable bonds is 11. The minimum Gasteiger partial charge on any atom is -0.493 e. The van der Waals surface area contributed by atoms with E-state index >= 15 is 0 Å². The molecule has 0 saturated carbocycles. The number of aromatic amines is 1. The molecule has 1 fully saturated rings. The Morgan fingerprint density at radius 3 is 2.61 bits per heavy atom. The highest BCUT2D eigenvalue weighted by Gasteiger charge is 2.22. The van der Waals surface area contributed by atoms with Gasteiger partial charge in [0.1, 0.15) is 17.3 Å². The van der Waals surface area contributed by atoms with Gasteiger partial charge in [-0.2, -0.15) is 0 Å². The van der Waals surface area contributed by atoms with E-state index in [-0.39, 0.29) is 17.9 Å². The van der Waals surface area contributed by atoms with Crippen molar-refractivity contribution in [1.29, 1.82) is 0 Å². The highest BCUT2D eigenvalue weighted by molar-refractivity contribution is 5.98. The molecule has 1 aliphatic rings. The number of hydrogen-bond donors (Lipinski definition) is 2. The minimum atomic E-state index is -0.356. The molecule has 9 heteroatoms. The lowest BCUT2D eigenvalue weighted by atomic mass is 9.97. The van der Waals surface area contributed by atoms with Gasteiger partial charge in [0, 0.05) is 67.9 Å². The van der Waals surface area contributed by atoms with Crippen molar-refractivity contribution >= 4 is 16.8 Å². The molecule has 2 N–H and O–H groups in total. The molecule has 4 aromatic rings. The minimum absolute atomic E-state index is 0.0490. The fourth-order valence-corrected chi connectivity index (χ4v) is 5.27. The molecular weight excluding hydrogens is 516 g/mol. The normalized spacial score (nSPS) is 15.7. The number of aliphatic hydroxyl groups is 1. The monoisotopic (exact) mass is 556 g/mol. The molecule has 1 amide bonds. The number of piperazine rings is 1. The van der Waals surface area contributed by atoms with Crippen molar-refractivity contribution in [3.05, 3.63) is 71.9 Å². The van der Waals surface area contributed by atoms with Crippen molar-refractivity contribution in [3.63, 3.8) is 0 Å².